The molecular weight excluding hydrogens is 979 g/mol. The lowest BCUT2D eigenvalue weighted by molar-refractivity contribution is -0.153. The summed E-state index contributed by atoms with van der Waals surface area (Å²) in [7, 11) is 11.4. The van der Waals surface area contributed by atoms with Crippen LogP contribution in [0.2, 0.25) is 0 Å². The van der Waals surface area contributed by atoms with E-state index >= 15 is 0 Å². The standard InChI is InChI=1S/C11H20N2O2.C11H19NO4.C11H19NO3.C10H17NO4.C9H16N2O3/c1-8(12-3)11(15)7-5-6-10(13-4)9(2)14;1-4-16-11(15)10(14)7-5-6-9(12-3)8(2)13;1-4-10(14)11(15)7-5-6-9(12-3)8(2)13;1-7(12)8(11-2)5-4-6-9(13)10(14)15-3;1-6(12)7(11-2)4-3-5-8(13)9(10)14/h10,12-13H,1,5-7H2,2-4H3;9,12H,4-7H2,1-3H3;9,12H,4-7H2,1-3H3;8,11H,4-6H2,1-3H3;7,11H,3-5H2,1-2H3,(H2,10,14)/t10-;2*9-;8-;7-/m00000/s1. The van der Waals surface area contributed by atoms with Crippen LogP contribution in [0.25, 0.3) is 0 Å². The molecule has 23 heteroatoms. The van der Waals surface area contributed by atoms with Gasteiger partial charge in [0.1, 0.15) is 28.9 Å². The van der Waals surface area contributed by atoms with Crippen LogP contribution in [0.3, 0.4) is 0 Å². The Morgan fingerprint density at radius 3 is 0.907 bits per heavy atom. The molecule has 1 amide bonds. The molecule has 8 N–H and O–H groups in total. The van der Waals surface area contributed by atoms with Gasteiger partial charge in [-0.2, -0.15) is 0 Å². The zero-order valence-electron chi connectivity index (χ0n) is 47.2. The molecule has 0 aliphatic carbocycles. The third-order valence-corrected chi connectivity index (χ3v) is 11.1. The number of ketones is 11. The minimum atomic E-state index is -0.908. The molecular formula is C52H91N7O16. The predicted octanol–water partition coefficient (Wildman–Crippen LogP) is 1.45. The summed E-state index contributed by atoms with van der Waals surface area (Å²) >= 11 is 0. The molecule has 0 aliphatic heterocycles. The molecule has 0 aromatic rings. The van der Waals surface area contributed by atoms with E-state index in [0.717, 1.165) is 0 Å². The average molecular weight is 1070 g/mol. The summed E-state index contributed by atoms with van der Waals surface area (Å²) in [6.45, 7) is 14.6. The van der Waals surface area contributed by atoms with E-state index in [4.69, 9.17) is 5.73 Å². The quantitative estimate of drug-likeness (QED) is 0.0261. The molecule has 0 spiro atoms. The molecule has 430 valence electrons. The SMILES string of the molecule is C=C(NC)C(=O)CCC[C@H](NC)C(C)=O.CCC(=O)C(=O)CCC[C@H](NC)C(C)=O.CCOC(=O)C(=O)CCC[C@H](NC)C(C)=O.CN[C@@H](CCCC(=O)C(=O)OC)C(C)=O.CN[C@@H](CCCC(=O)C(N)=O)C(C)=O. The Hall–Kier alpha value is -5.88. The smallest absolute Gasteiger partial charge is 0.374 e. The van der Waals surface area contributed by atoms with E-state index in [1.54, 1.807) is 63.1 Å². The van der Waals surface area contributed by atoms with E-state index in [-0.39, 0.29) is 115 Å². The lowest BCUT2D eigenvalue weighted by Crippen LogP contribution is -2.32. The minimum Gasteiger partial charge on any atom is -0.463 e. The van der Waals surface area contributed by atoms with Crippen LogP contribution in [0, 0.1) is 0 Å². The zero-order valence-corrected chi connectivity index (χ0v) is 47.2. The van der Waals surface area contributed by atoms with Crippen molar-refractivity contribution in [2.24, 2.45) is 5.73 Å². The van der Waals surface area contributed by atoms with Crippen molar-refractivity contribution in [2.45, 2.75) is 181 Å². The molecule has 5 atom stereocenters. The number of nitrogens with one attached hydrogen (secondary N) is 6. The van der Waals surface area contributed by atoms with E-state index in [1.165, 1.54) is 34.8 Å². The van der Waals surface area contributed by atoms with Gasteiger partial charge in [-0.25, -0.2) is 9.59 Å². The van der Waals surface area contributed by atoms with Crippen molar-refractivity contribution in [2.75, 3.05) is 56.0 Å². The van der Waals surface area contributed by atoms with Crippen LogP contribution in [0.4, 0.5) is 0 Å². The molecule has 0 bridgehead atoms. The van der Waals surface area contributed by atoms with Gasteiger partial charge < -0.3 is 47.1 Å². The van der Waals surface area contributed by atoms with Crippen molar-refractivity contribution in [3.05, 3.63) is 12.3 Å². The third-order valence-electron chi connectivity index (χ3n) is 11.1. The minimum absolute atomic E-state index is 0.0101. The number of hydrogen-bond acceptors (Lipinski definition) is 22. The van der Waals surface area contributed by atoms with Gasteiger partial charge in [-0.15, -0.1) is 0 Å². The van der Waals surface area contributed by atoms with Crippen molar-refractivity contribution in [3.63, 3.8) is 0 Å². The largest absolute Gasteiger partial charge is 0.463 e. The number of carbonyl (C=O) groups excluding carboxylic acids is 14. The number of ether oxygens (including phenoxy) is 2. The summed E-state index contributed by atoms with van der Waals surface area (Å²) in [5.74, 6) is -4.54. The Kier molecular flexibility index (Phi) is 51.0. The summed E-state index contributed by atoms with van der Waals surface area (Å²) in [5, 5.41) is 17.0. The fraction of sp³-hybridized carbons (Fsp3) is 0.692. The molecule has 23 nitrogen and oxygen atoms in total. The van der Waals surface area contributed by atoms with Crippen molar-refractivity contribution >= 4 is 81.5 Å². The number of primary amides is 1. The fourth-order valence-corrected chi connectivity index (χ4v) is 6.37. The van der Waals surface area contributed by atoms with Crippen molar-refractivity contribution in [1.29, 1.82) is 0 Å². The Morgan fingerprint density at radius 1 is 0.413 bits per heavy atom. The molecule has 0 aromatic heterocycles. The number of likely N-dealkylation sites (N-methyl/N-ethyl adjacent to an activating group) is 6. The lowest BCUT2D eigenvalue weighted by atomic mass is 10.0. The first-order valence-electron chi connectivity index (χ1n) is 25.1. The number of allylic oxidation sites excluding steroid dienone is 1. The maximum Gasteiger partial charge on any atom is 0.374 e. The normalized spacial score (nSPS) is 12.0. The maximum atomic E-state index is 11.3. The van der Waals surface area contributed by atoms with Gasteiger partial charge in [-0.05, 0) is 141 Å². The van der Waals surface area contributed by atoms with Crippen LogP contribution in [-0.2, 0) is 76.6 Å². The van der Waals surface area contributed by atoms with Gasteiger partial charge in [0, 0.05) is 45.6 Å². The van der Waals surface area contributed by atoms with Gasteiger partial charge >= 0.3 is 11.9 Å². The Balaban J connectivity index is -0.000000272. The first kappa shape index (κ1) is 78.0. The highest BCUT2D eigenvalue weighted by Gasteiger charge is 2.19. The predicted molar refractivity (Wildman–Crippen MR) is 283 cm³/mol. The van der Waals surface area contributed by atoms with Crippen LogP contribution >= 0.6 is 0 Å². The topological polar surface area (TPSA) is 356 Å². The molecule has 0 saturated carbocycles. The van der Waals surface area contributed by atoms with Gasteiger partial charge in [0.25, 0.3) is 5.91 Å². The molecule has 0 aromatic carbocycles. The second kappa shape index (κ2) is 49.0. The van der Waals surface area contributed by atoms with Gasteiger partial charge in [-0.3, -0.25) is 57.5 Å². The number of amides is 1. The Morgan fingerprint density at radius 2 is 0.680 bits per heavy atom. The second-order valence-corrected chi connectivity index (χ2v) is 16.9. The van der Waals surface area contributed by atoms with Crippen molar-refractivity contribution < 1.29 is 76.6 Å². The molecule has 0 unspecified atom stereocenters. The first-order chi connectivity index (χ1) is 35.1. The van der Waals surface area contributed by atoms with E-state index in [2.05, 4.69) is 48.0 Å². The second-order valence-electron chi connectivity index (χ2n) is 16.9. The highest BCUT2D eigenvalue weighted by molar-refractivity contribution is 6.37. The lowest BCUT2D eigenvalue weighted by Gasteiger charge is -2.11. The van der Waals surface area contributed by atoms with E-state index in [0.29, 0.717) is 76.3 Å². The van der Waals surface area contributed by atoms with E-state index in [1.807, 2.05) is 0 Å². The highest BCUT2D eigenvalue weighted by Crippen LogP contribution is 2.08. The molecule has 0 radical (unpaired) electrons. The number of rotatable bonds is 38. The number of carbonyl (C=O) groups is 14. The monoisotopic (exact) mass is 1070 g/mol. The number of Topliss-reactive ketones (excluding diaryl/α,β-unsaturated/α-hetero) is 11. The summed E-state index contributed by atoms with van der Waals surface area (Å²) in [4.78, 5) is 154. The van der Waals surface area contributed by atoms with Crippen molar-refractivity contribution in [3.8, 4) is 0 Å². The number of nitrogens with two attached hydrogens (primary N) is 1. The molecule has 75 heavy (non-hydrogen) atoms. The molecule has 0 rings (SSSR count). The zero-order chi connectivity index (χ0) is 59.2. The summed E-state index contributed by atoms with van der Waals surface area (Å²) in [6.07, 6.45) is 7.03. The van der Waals surface area contributed by atoms with Crippen LogP contribution in [0.5, 0.6) is 0 Å². The molecule has 0 aliphatic rings. The molecule has 0 saturated heterocycles. The molecule has 0 fully saturated rings. The summed E-state index contributed by atoms with van der Waals surface area (Å²) in [6, 6.07) is -1.06. The van der Waals surface area contributed by atoms with Crippen LogP contribution in [0.1, 0.15) is 151 Å². The van der Waals surface area contributed by atoms with Gasteiger partial charge in [0.2, 0.25) is 17.3 Å². The van der Waals surface area contributed by atoms with Crippen molar-refractivity contribution in [1.82, 2.24) is 31.9 Å². The average Bonchev–Trinajstić information content (AvgIpc) is 3.36. The highest BCUT2D eigenvalue weighted by atomic mass is 16.5. The van der Waals surface area contributed by atoms with Crippen LogP contribution in [0.15, 0.2) is 12.3 Å². The number of hydrogen-bond donors (Lipinski definition) is 7. The Labute approximate surface area is 444 Å². The number of esters is 2. The summed E-state index contributed by atoms with van der Waals surface area (Å²) < 4.78 is 8.84. The first-order valence-corrected chi connectivity index (χ1v) is 25.1. The van der Waals surface area contributed by atoms with Gasteiger partial charge in [0.05, 0.1) is 49.6 Å². The fourth-order valence-electron chi connectivity index (χ4n) is 6.37. The van der Waals surface area contributed by atoms with E-state index < -0.39 is 35.2 Å². The number of methoxy groups -OCH3 is 1. The van der Waals surface area contributed by atoms with Gasteiger partial charge in [-0.1, -0.05) is 13.5 Å². The van der Waals surface area contributed by atoms with Gasteiger partial charge in [0.15, 0.2) is 17.3 Å². The van der Waals surface area contributed by atoms with E-state index in [9.17, 15) is 67.1 Å². The molecule has 0 heterocycles. The third kappa shape index (κ3) is 43.1. The Bertz CT molecular complexity index is 1730. The summed E-state index contributed by atoms with van der Waals surface area (Å²) in [5.41, 5.74) is 5.20. The maximum absolute atomic E-state index is 11.3. The van der Waals surface area contributed by atoms with Crippen LogP contribution in [-0.4, -0.2) is 168 Å². The van der Waals surface area contributed by atoms with Crippen LogP contribution < -0.4 is 37.6 Å².